The molecule has 18 nitrogen and oxygen atoms in total. The molecule has 2 fully saturated rings. The normalized spacial score (nSPS) is 14.1. The van der Waals surface area contributed by atoms with Crippen molar-refractivity contribution in [2.45, 2.75) is 79.0 Å². The Morgan fingerprint density at radius 3 is 1.98 bits per heavy atom. The van der Waals surface area contributed by atoms with E-state index >= 15 is 0 Å². The van der Waals surface area contributed by atoms with Crippen LogP contribution in [-0.4, -0.2) is 111 Å². The number of fused-ring (bicyclic) bond motifs is 1. The summed E-state index contributed by atoms with van der Waals surface area (Å²) in [7, 11) is 0. The topological polar surface area (TPSA) is 235 Å². The van der Waals surface area contributed by atoms with Crippen LogP contribution in [0.15, 0.2) is 41.5 Å². The van der Waals surface area contributed by atoms with E-state index in [9.17, 15) is 24.0 Å². The summed E-state index contributed by atoms with van der Waals surface area (Å²) in [6.07, 6.45) is 5.24. The minimum Gasteiger partial charge on any atom is -0.870 e. The van der Waals surface area contributed by atoms with Crippen LogP contribution in [-0.2, 0) is 24.0 Å². The van der Waals surface area contributed by atoms with Crippen molar-refractivity contribution in [1.29, 1.82) is 0 Å². The number of carbonyl (C=O) groups excluding carboxylic acids is 4. The number of nitrogens with zero attached hydrogens (tertiary/aromatic N) is 6. The van der Waals surface area contributed by atoms with Crippen LogP contribution >= 0.6 is 11.6 Å². The van der Waals surface area contributed by atoms with Crippen LogP contribution in [0.5, 0.6) is 0 Å². The molecule has 2 aliphatic heterocycles. The number of aromatic amines is 1. The third kappa shape index (κ3) is 14.4. The summed E-state index contributed by atoms with van der Waals surface area (Å²) >= 11 is 6.06. The van der Waals surface area contributed by atoms with Gasteiger partial charge in [-0.1, -0.05) is 19.0 Å². The van der Waals surface area contributed by atoms with Crippen molar-refractivity contribution in [3.8, 4) is 0 Å². The van der Waals surface area contributed by atoms with E-state index in [1.807, 2.05) is 12.1 Å². The fraction of sp³-hybridized carbons (Fsp3) is 0.545. The Hall–Kier alpha value is -3.94. The number of halogens is 1. The molecule has 5 heterocycles. The van der Waals surface area contributed by atoms with E-state index in [1.54, 1.807) is 66.6 Å². The van der Waals surface area contributed by atoms with E-state index in [0.717, 1.165) is 18.4 Å². The first-order chi connectivity index (χ1) is 24.0. The van der Waals surface area contributed by atoms with Crippen LogP contribution in [0.4, 0.5) is 20.1 Å². The summed E-state index contributed by atoms with van der Waals surface area (Å²) < 4.78 is 11.7. The molecule has 0 unspecified atom stereocenters. The van der Waals surface area contributed by atoms with Crippen LogP contribution in [0, 0.1) is 0 Å². The first-order valence-corrected chi connectivity index (χ1v) is 16.7. The number of amides is 4. The molecular weight excluding hydrogens is 727 g/mol. The number of imidazole rings is 1. The summed E-state index contributed by atoms with van der Waals surface area (Å²) in [6.45, 7) is 10.3. The number of aromatic nitrogens is 4. The van der Waals surface area contributed by atoms with Crippen molar-refractivity contribution in [3.05, 3.63) is 52.3 Å². The van der Waals surface area contributed by atoms with E-state index < -0.39 is 6.03 Å². The van der Waals surface area contributed by atoms with Gasteiger partial charge in [-0.3, -0.25) is 19.2 Å². The summed E-state index contributed by atoms with van der Waals surface area (Å²) in [5.74, 6) is 0. The standard InChI is InChI=1S/C14H19ClN4O3.C14H18N4O3.C4H8O3.CH4.Na.H2O/c1-2-22-14(21)18-8-5-10(6-9-18)19(13(16)20)11-4-3-7-17-12(11)15;1-2-21-14(20)17-8-5-10(6-9-17)18-11-4-3-7-15-12(11)16-13(18)19;1-4(2)7-6-3-5;;;/h3-4,7,10H,2,5-6,8-9H2,1H3,(H2,16,20);3-4,7,10H,2,5-6,8-9H2,1H3,(H,15,16,19);3-4H,1-2H3;1H4;;1H2/q;;;;+1;/p-1. The van der Waals surface area contributed by atoms with E-state index in [-0.39, 0.29) is 90.1 Å². The van der Waals surface area contributed by atoms with Gasteiger partial charge in [0.2, 0.25) is 0 Å². The van der Waals surface area contributed by atoms with Crippen molar-refractivity contribution in [3.63, 3.8) is 0 Å². The third-order valence-corrected chi connectivity index (χ3v) is 8.02. The Balaban J connectivity index is 0.000000827. The molecule has 0 spiro atoms. The summed E-state index contributed by atoms with van der Waals surface area (Å²) in [5, 5.41) is 0.231. The number of carbonyl (C=O) groups is 4. The van der Waals surface area contributed by atoms with E-state index in [0.29, 0.717) is 63.6 Å². The molecule has 4 amide bonds. The van der Waals surface area contributed by atoms with Crippen molar-refractivity contribution < 1.29 is 73.5 Å². The van der Waals surface area contributed by atoms with Crippen LogP contribution < -0.4 is 45.9 Å². The zero-order valence-electron chi connectivity index (χ0n) is 30.1. The van der Waals surface area contributed by atoms with Gasteiger partial charge in [0.05, 0.1) is 30.5 Å². The van der Waals surface area contributed by atoms with Gasteiger partial charge in [0, 0.05) is 50.7 Å². The fourth-order valence-electron chi connectivity index (χ4n) is 5.55. The fourth-order valence-corrected chi connectivity index (χ4v) is 5.76. The molecule has 3 aromatic heterocycles. The average Bonchev–Trinajstić information content (AvgIpc) is 3.45. The number of hydrogen-bond acceptors (Lipinski definition) is 12. The number of anilines is 1. The van der Waals surface area contributed by atoms with E-state index in [1.165, 1.54) is 4.90 Å². The molecule has 0 bridgehead atoms. The van der Waals surface area contributed by atoms with Gasteiger partial charge in [-0.15, -0.1) is 0 Å². The van der Waals surface area contributed by atoms with Gasteiger partial charge in [0.25, 0.3) is 0 Å². The SMILES string of the molecule is C.CC(C)OOC=O.CCOC(=O)N1CCC(N(C(N)=O)c2cccnc2Cl)CC1.CCOC(=O)N1CCC(n2c(=O)[nH]c3ncccc32)CC1.[Na+].[OH-]. The number of H-pyrrole nitrogens is 1. The number of nitrogens with one attached hydrogen (secondary N) is 1. The molecule has 4 N–H and O–H groups in total. The number of nitrogens with two attached hydrogens (primary N) is 1. The smallest absolute Gasteiger partial charge is 0.870 e. The molecule has 0 aromatic carbocycles. The number of hydrogen-bond donors (Lipinski definition) is 2. The zero-order valence-corrected chi connectivity index (χ0v) is 32.9. The Labute approximate surface area is 335 Å². The quantitative estimate of drug-likeness (QED) is 0.109. The molecule has 5 rings (SSSR count). The predicted molar refractivity (Wildman–Crippen MR) is 192 cm³/mol. The van der Waals surface area contributed by atoms with Crippen molar-refractivity contribution in [2.24, 2.45) is 5.73 Å². The number of ether oxygens (including phenoxy) is 2. The Bertz CT molecular complexity index is 1610. The molecule has 2 saturated heterocycles. The second-order valence-electron chi connectivity index (χ2n) is 11.4. The van der Waals surface area contributed by atoms with Gasteiger partial charge in [0.1, 0.15) is 0 Å². The minimum atomic E-state index is -0.579. The van der Waals surface area contributed by atoms with Gasteiger partial charge in [-0.2, -0.15) is 4.89 Å². The first kappa shape index (κ1) is 49.1. The molecule has 20 heteroatoms. The first-order valence-electron chi connectivity index (χ1n) is 16.4. The third-order valence-electron chi connectivity index (χ3n) is 7.73. The number of primary amides is 1. The number of pyridine rings is 2. The molecule has 2 aliphatic rings. The van der Waals surface area contributed by atoms with Crippen molar-refractivity contribution in [2.75, 3.05) is 44.3 Å². The Morgan fingerprint density at radius 1 is 0.981 bits per heavy atom. The largest absolute Gasteiger partial charge is 1.00 e. The van der Waals surface area contributed by atoms with E-state index in [4.69, 9.17) is 26.8 Å². The number of rotatable bonds is 8. The number of piperidine rings is 2. The molecule has 0 saturated carbocycles. The molecule has 0 atom stereocenters. The molecular formula is C33H50ClN8NaO10. The molecule has 3 aromatic rings. The van der Waals surface area contributed by atoms with Crippen LogP contribution in [0.2, 0.25) is 5.15 Å². The van der Waals surface area contributed by atoms with Gasteiger partial charge in [-0.05, 0) is 77.6 Å². The van der Waals surface area contributed by atoms with Crippen LogP contribution in [0.3, 0.4) is 0 Å². The maximum absolute atomic E-state index is 12.1. The molecule has 290 valence electrons. The Kier molecular flexibility index (Phi) is 23.3. The van der Waals surface area contributed by atoms with Gasteiger partial charge in [0.15, 0.2) is 10.8 Å². The van der Waals surface area contributed by atoms with Gasteiger partial charge in [-0.25, -0.2) is 29.1 Å². The van der Waals surface area contributed by atoms with Crippen molar-refractivity contribution in [1.82, 2.24) is 29.3 Å². The summed E-state index contributed by atoms with van der Waals surface area (Å²) in [6, 6.07) is 6.50. The van der Waals surface area contributed by atoms with Gasteiger partial charge >= 0.3 is 59.9 Å². The van der Waals surface area contributed by atoms with Gasteiger partial charge < -0.3 is 35.4 Å². The van der Waals surface area contributed by atoms with Crippen LogP contribution in [0.1, 0.15) is 66.8 Å². The predicted octanol–water partition coefficient (Wildman–Crippen LogP) is 1.72. The summed E-state index contributed by atoms with van der Waals surface area (Å²) in [4.78, 5) is 80.6. The van der Waals surface area contributed by atoms with Crippen LogP contribution in [0.25, 0.3) is 11.2 Å². The number of urea groups is 1. The summed E-state index contributed by atoms with van der Waals surface area (Å²) in [5.41, 5.74) is 7.28. The van der Waals surface area contributed by atoms with Crippen molar-refractivity contribution >= 4 is 53.1 Å². The zero-order chi connectivity index (χ0) is 36.6. The van der Waals surface area contributed by atoms with E-state index in [2.05, 4.69) is 24.7 Å². The average molecular weight is 777 g/mol. The number of likely N-dealkylation sites (tertiary alicyclic amines) is 2. The molecule has 0 radical (unpaired) electrons. The second-order valence-corrected chi connectivity index (χ2v) is 11.7. The Morgan fingerprint density at radius 2 is 1.51 bits per heavy atom. The maximum atomic E-state index is 12.1. The monoisotopic (exact) mass is 776 g/mol. The molecule has 53 heavy (non-hydrogen) atoms. The minimum absolute atomic E-state index is 0. The second kappa shape index (κ2) is 25.1. The molecule has 0 aliphatic carbocycles. The maximum Gasteiger partial charge on any atom is 1.00 e.